The van der Waals surface area contributed by atoms with Crippen molar-refractivity contribution in [2.45, 2.75) is 6.54 Å². The van der Waals surface area contributed by atoms with E-state index in [0.29, 0.717) is 30.7 Å². The van der Waals surface area contributed by atoms with Crippen LogP contribution in [0.1, 0.15) is 0 Å². The molecule has 0 unspecified atom stereocenters. The average molecular weight is 304 g/mol. The Hall–Kier alpha value is -1.64. The molecule has 1 aliphatic heterocycles. The summed E-state index contributed by atoms with van der Waals surface area (Å²) in [5.74, 6) is -0.212. The molecule has 1 aliphatic rings. The van der Waals surface area contributed by atoms with E-state index in [0.717, 1.165) is 0 Å². The Labute approximate surface area is 105 Å². The fourth-order valence-electron chi connectivity index (χ4n) is 1.57. The van der Waals surface area contributed by atoms with Crippen LogP contribution in [0.25, 0.3) is 0 Å². The molecule has 1 fully saturated rings. The van der Waals surface area contributed by atoms with E-state index in [1.165, 1.54) is 10.9 Å². The van der Waals surface area contributed by atoms with Gasteiger partial charge >= 0.3 is 11.8 Å². The van der Waals surface area contributed by atoms with Crippen molar-refractivity contribution in [1.82, 2.24) is 20.0 Å². The van der Waals surface area contributed by atoms with Crippen LogP contribution in [0.15, 0.2) is 10.7 Å². The lowest BCUT2D eigenvalue weighted by Crippen LogP contribution is -2.31. The van der Waals surface area contributed by atoms with Crippen molar-refractivity contribution >= 4 is 27.8 Å². The summed E-state index contributed by atoms with van der Waals surface area (Å²) in [5.41, 5.74) is 0. The second kappa shape index (κ2) is 4.70. The minimum Gasteiger partial charge on any atom is -0.358 e. The van der Waals surface area contributed by atoms with Crippen LogP contribution in [0.4, 0.5) is 10.6 Å². The van der Waals surface area contributed by atoms with Gasteiger partial charge < -0.3 is 20.3 Å². The summed E-state index contributed by atoms with van der Waals surface area (Å²) >= 11 is 3.07. The second-order valence-corrected chi connectivity index (χ2v) is 4.39. The molecule has 0 spiro atoms. The Morgan fingerprint density at radius 2 is 2.35 bits per heavy atom. The highest BCUT2D eigenvalue weighted by molar-refractivity contribution is 9.10. The lowest BCUT2D eigenvalue weighted by atomic mass is 10.5. The quantitative estimate of drug-likeness (QED) is 0.650. The number of nitro groups is 1. The van der Waals surface area contributed by atoms with Gasteiger partial charge in [0.05, 0.1) is 17.8 Å². The fraction of sp³-hybridized carbons (Fsp3) is 0.500. The zero-order valence-corrected chi connectivity index (χ0v) is 10.4. The van der Waals surface area contributed by atoms with Crippen LogP contribution in [0, 0.1) is 10.1 Å². The summed E-state index contributed by atoms with van der Waals surface area (Å²) in [6.07, 6.45) is 1.53. The predicted molar refractivity (Wildman–Crippen MR) is 61.6 cm³/mol. The molecule has 0 radical (unpaired) electrons. The van der Waals surface area contributed by atoms with E-state index in [1.807, 2.05) is 0 Å². The minimum atomic E-state index is -0.552. The number of rotatable bonds is 4. The van der Waals surface area contributed by atoms with Gasteiger partial charge in [-0.05, 0) is 20.9 Å². The van der Waals surface area contributed by atoms with Crippen molar-refractivity contribution in [2.24, 2.45) is 0 Å². The van der Waals surface area contributed by atoms with E-state index >= 15 is 0 Å². The Kier molecular flexibility index (Phi) is 3.27. The van der Waals surface area contributed by atoms with Gasteiger partial charge in [0.1, 0.15) is 4.47 Å². The van der Waals surface area contributed by atoms with Crippen LogP contribution in [0.5, 0.6) is 0 Å². The third kappa shape index (κ3) is 2.54. The van der Waals surface area contributed by atoms with Gasteiger partial charge in [-0.2, -0.15) is 4.68 Å². The van der Waals surface area contributed by atoms with E-state index in [9.17, 15) is 14.9 Å². The molecule has 0 atom stereocenters. The topological polar surface area (TPSA) is 93.3 Å². The van der Waals surface area contributed by atoms with Crippen molar-refractivity contribution in [3.8, 4) is 0 Å². The summed E-state index contributed by atoms with van der Waals surface area (Å²) in [4.78, 5) is 22.9. The van der Waals surface area contributed by atoms with Gasteiger partial charge in [0.2, 0.25) is 0 Å². The van der Waals surface area contributed by atoms with Crippen LogP contribution in [0.3, 0.4) is 0 Å². The highest BCUT2D eigenvalue weighted by atomic mass is 79.9. The normalized spacial score (nSPS) is 15.1. The maximum atomic E-state index is 11.2. The third-order valence-electron chi connectivity index (χ3n) is 2.42. The summed E-state index contributed by atoms with van der Waals surface area (Å²) in [5, 5.41) is 17.1. The van der Waals surface area contributed by atoms with E-state index in [1.54, 1.807) is 4.90 Å². The van der Waals surface area contributed by atoms with E-state index in [2.05, 4.69) is 26.3 Å². The SMILES string of the molecule is O=C1NCCN1CCn1cc(Br)c([N+](=O)[O-])n1. The highest BCUT2D eigenvalue weighted by Gasteiger charge is 2.22. The number of hydrogen-bond donors (Lipinski definition) is 1. The summed E-state index contributed by atoms with van der Waals surface area (Å²) < 4.78 is 1.79. The van der Waals surface area contributed by atoms with Crippen LogP contribution < -0.4 is 5.32 Å². The first-order chi connectivity index (χ1) is 8.08. The first kappa shape index (κ1) is 11.8. The first-order valence-electron chi connectivity index (χ1n) is 4.98. The number of amides is 2. The Morgan fingerprint density at radius 1 is 1.59 bits per heavy atom. The Bertz CT molecular complexity index is 460. The monoisotopic (exact) mass is 303 g/mol. The number of nitrogens with zero attached hydrogens (tertiary/aromatic N) is 4. The molecule has 2 amide bonds. The molecule has 8 nitrogen and oxygen atoms in total. The number of nitrogens with one attached hydrogen (secondary N) is 1. The molecular formula is C8H10BrN5O3. The molecule has 1 aromatic rings. The molecule has 0 aromatic carbocycles. The van der Waals surface area contributed by atoms with Crippen LogP contribution in [-0.2, 0) is 6.54 Å². The van der Waals surface area contributed by atoms with E-state index in [4.69, 9.17) is 0 Å². The number of halogens is 1. The summed E-state index contributed by atoms with van der Waals surface area (Å²) in [6.45, 7) is 2.21. The van der Waals surface area contributed by atoms with Gasteiger partial charge in [-0.15, -0.1) is 0 Å². The molecule has 0 bridgehead atoms. The van der Waals surface area contributed by atoms with E-state index in [-0.39, 0.29) is 11.8 Å². The lowest BCUT2D eigenvalue weighted by Gasteiger charge is -2.11. The number of carbonyl (C=O) groups is 1. The molecule has 2 rings (SSSR count). The van der Waals surface area contributed by atoms with E-state index < -0.39 is 4.92 Å². The van der Waals surface area contributed by atoms with Crippen molar-refractivity contribution in [1.29, 1.82) is 0 Å². The Balaban J connectivity index is 1.97. The van der Waals surface area contributed by atoms with Crippen LogP contribution in [-0.4, -0.2) is 45.3 Å². The smallest absolute Gasteiger partial charge is 0.358 e. The molecule has 0 aliphatic carbocycles. The van der Waals surface area contributed by atoms with Gasteiger partial charge in [0, 0.05) is 19.6 Å². The molecule has 2 heterocycles. The zero-order valence-electron chi connectivity index (χ0n) is 8.80. The second-order valence-electron chi connectivity index (χ2n) is 3.54. The summed E-state index contributed by atoms with van der Waals surface area (Å²) in [6, 6.07) is -0.106. The highest BCUT2D eigenvalue weighted by Crippen LogP contribution is 2.21. The van der Waals surface area contributed by atoms with Crippen molar-refractivity contribution in [2.75, 3.05) is 19.6 Å². The molecule has 17 heavy (non-hydrogen) atoms. The standard InChI is InChI=1S/C8H10BrN5O3/c9-6-5-13(11-7(6)14(16)17)4-3-12-2-1-10-8(12)15/h5H,1-4H2,(H,10,15). The number of carbonyl (C=O) groups excluding carboxylic acids is 1. The molecule has 1 N–H and O–H groups in total. The van der Waals surface area contributed by atoms with Gasteiger partial charge in [-0.1, -0.05) is 0 Å². The minimum absolute atomic E-state index is 0.106. The number of aromatic nitrogens is 2. The maximum absolute atomic E-state index is 11.2. The lowest BCUT2D eigenvalue weighted by molar-refractivity contribution is -0.390. The van der Waals surface area contributed by atoms with Crippen molar-refractivity contribution in [3.05, 3.63) is 20.8 Å². The van der Waals surface area contributed by atoms with Crippen LogP contribution in [0.2, 0.25) is 0 Å². The van der Waals surface area contributed by atoms with Crippen molar-refractivity contribution < 1.29 is 9.72 Å². The Morgan fingerprint density at radius 3 is 2.88 bits per heavy atom. The van der Waals surface area contributed by atoms with Gasteiger partial charge in [-0.3, -0.25) is 0 Å². The first-order valence-corrected chi connectivity index (χ1v) is 5.77. The zero-order chi connectivity index (χ0) is 12.4. The van der Waals surface area contributed by atoms with Gasteiger partial charge in [-0.25, -0.2) is 4.79 Å². The third-order valence-corrected chi connectivity index (χ3v) is 2.98. The van der Waals surface area contributed by atoms with Gasteiger partial charge in [0.25, 0.3) is 0 Å². The molecule has 9 heteroatoms. The largest absolute Gasteiger partial charge is 0.404 e. The van der Waals surface area contributed by atoms with Crippen molar-refractivity contribution in [3.63, 3.8) is 0 Å². The van der Waals surface area contributed by atoms with Gasteiger partial charge in [0.15, 0.2) is 0 Å². The predicted octanol–water partition coefficient (Wildman–Crippen LogP) is 0.579. The molecule has 92 valence electrons. The molecule has 0 saturated carbocycles. The fourth-order valence-corrected chi connectivity index (χ4v) is 2.03. The number of urea groups is 1. The summed E-state index contributed by atoms with van der Waals surface area (Å²) in [7, 11) is 0. The number of hydrogen-bond acceptors (Lipinski definition) is 4. The molecular weight excluding hydrogens is 294 g/mol. The van der Waals surface area contributed by atoms with Crippen LogP contribution >= 0.6 is 15.9 Å². The molecule has 1 aromatic heterocycles. The molecule has 1 saturated heterocycles. The average Bonchev–Trinajstić information content (AvgIpc) is 2.82. The maximum Gasteiger partial charge on any atom is 0.404 e.